The lowest BCUT2D eigenvalue weighted by Crippen LogP contribution is -2.49. The van der Waals surface area contributed by atoms with Crippen molar-refractivity contribution in [2.24, 2.45) is 0 Å². The maximum atomic E-state index is 14.0. The number of halogens is 3. The average Bonchev–Trinajstić information content (AvgIpc) is 3.31. The summed E-state index contributed by atoms with van der Waals surface area (Å²) in [4.78, 5) is 35.2. The number of hydrogen-bond acceptors (Lipinski definition) is 5. The molecule has 0 saturated carbocycles. The number of methoxy groups -OCH3 is 1. The fraction of sp³-hybridized carbons (Fsp3) is 0.357. The lowest BCUT2D eigenvalue weighted by Gasteiger charge is -2.46. The topological polar surface area (TPSA) is 108 Å². The summed E-state index contributed by atoms with van der Waals surface area (Å²) in [6.45, 7) is 1.34. The zero-order valence-corrected chi connectivity index (χ0v) is 23.3. The van der Waals surface area contributed by atoms with Crippen LogP contribution in [-0.4, -0.2) is 33.4 Å². The molecule has 2 saturated heterocycles. The molecule has 218 valence electrons. The van der Waals surface area contributed by atoms with Crippen LogP contribution in [0.4, 0.5) is 13.2 Å². The summed E-state index contributed by atoms with van der Waals surface area (Å²) in [6, 6.07) is 6.67. The number of aryl methyl sites for hydroxylation is 1. The molecule has 3 atom stereocenters. The normalized spacial score (nSPS) is 21.6. The lowest BCUT2D eigenvalue weighted by atomic mass is 9.83. The van der Waals surface area contributed by atoms with Crippen molar-refractivity contribution < 1.29 is 46.1 Å². The second-order valence-electron chi connectivity index (χ2n) is 10.2. The molecule has 3 aromatic rings. The summed E-state index contributed by atoms with van der Waals surface area (Å²) < 4.78 is 65.9. The number of amides is 1. The first-order valence-corrected chi connectivity index (χ1v) is 14.6. The van der Waals surface area contributed by atoms with Gasteiger partial charge in [-0.1, -0.05) is 6.07 Å². The monoisotopic (exact) mass is 591 g/mol. The van der Waals surface area contributed by atoms with Gasteiger partial charge in [0.2, 0.25) is 0 Å². The van der Waals surface area contributed by atoms with Gasteiger partial charge in [0.15, 0.2) is 35.6 Å². The zero-order chi connectivity index (χ0) is 29.5. The molecule has 1 unspecified atom stereocenters. The van der Waals surface area contributed by atoms with Crippen LogP contribution in [0.15, 0.2) is 48.4 Å². The van der Waals surface area contributed by atoms with Crippen molar-refractivity contribution in [3.8, 4) is 11.4 Å². The van der Waals surface area contributed by atoms with Crippen molar-refractivity contribution in [3.63, 3.8) is 0 Å². The van der Waals surface area contributed by atoms with E-state index in [-0.39, 0.29) is 17.5 Å². The number of hydrogen-bond donors (Lipinski definition) is 1. The maximum absolute atomic E-state index is 14.0. The van der Waals surface area contributed by atoms with Crippen molar-refractivity contribution >= 4 is 19.8 Å². The quantitative estimate of drug-likeness (QED) is 0.191. The van der Waals surface area contributed by atoms with Crippen LogP contribution < -0.4 is 14.2 Å². The number of carbonyl (C=O) groups excluding carboxylic acids is 1. The van der Waals surface area contributed by atoms with E-state index in [0.29, 0.717) is 47.5 Å². The number of imidazole rings is 1. The van der Waals surface area contributed by atoms with Gasteiger partial charge in [0.1, 0.15) is 11.9 Å². The number of phosphoric acid groups is 1. The Kier molecular flexibility index (Phi) is 8.11. The van der Waals surface area contributed by atoms with Gasteiger partial charge in [0, 0.05) is 18.5 Å². The van der Waals surface area contributed by atoms with Crippen LogP contribution in [0.25, 0.3) is 11.8 Å². The van der Waals surface area contributed by atoms with Gasteiger partial charge >= 0.3 is 0 Å². The Balaban J connectivity index is 1.41. The molecule has 2 fully saturated rings. The molecular formula is C28H29F3N3O6P. The minimum absolute atomic E-state index is 0.0690. The summed E-state index contributed by atoms with van der Waals surface area (Å²) in [5, 5.41) is 0. The van der Waals surface area contributed by atoms with Gasteiger partial charge in [-0.05, 0) is 73.6 Å². The van der Waals surface area contributed by atoms with Crippen LogP contribution in [0.3, 0.4) is 0 Å². The van der Waals surface area contributed by atoms with Crippen LogP contribution in [0, 0.1) is 24.4 Å². The molecule has 13 heteroatoms. The van der Waals surface area contributed by atoms with E-state index in [1.807, 2.05) is 0 Å². The summed E-state index contributed by atoms with van der Waals surface area (Å²) in [7, 11) is -3.39. The molecule has 0 aliphatic carbocycles. The minimum atomic E-state index is -4.89. The standard InChI is InChI=1S/C28H29F3N3O6P/c1-17-14-32(15-33(17)16-40-41(36,37)38)25-9-6-18(11-26(25)39-2)10-19-7-8-21-4-3-5-24(34(21)28(19)35)20-12-22(29)27(31)23(30)13-20/h6,9-15,21,24H,3-5,7-8,16H2,1-2H3,(H-,36,37,38)/b19-10+/t21-,24-/m0/s1. The van der Waals surface area contributed by atoms with Crippen molar-refractivity contribution in [1.29, 1.82) is 0 Å². The highest BCUT2D eigenvalue weighted by Gasteiger charge is 2.40. The van der Waals surface area contributed by atoms with Crippen molar-refractivity contribution in [2.75, 3.05) is 7.11 Å². The Labute approximate surface area is 234 Å². The van der Waals surface area contributed by atoms with E-state index in [1.54, 1.807) is 53.2 Å². The second kappa shape index (κ2) is 11.4. The molecule has 3 heterocycles. The molecule has 0 bridgehead atoms. The number of fused-ring (bicyclic) bond motifs is 1. The van der Waals surface area contributed by atoms with Gasteiger partial charge in [-0.2, -0.15) is 4.57 Å². The van der Waals surface area contributed by atoms with Crippen LogP contribution in [0.5, 0.6) is 5.75 Å². The van der Waals surface area contributed by atoms with Gasteiger partial charge in [-0.15, -0.1) is 0 Å². The minimum Gasteiger partial charge on any atom is -0.756 e. The van der Waals surface area contributed by atoms with E-state index >= 15 is 0 Å². The number of ether oxygens (including phenoxy) is 1. The average molecular weight is 592 g/mol. The number of piperidine rings is 2. The molecule has 5 rings (SSSR count). The van der Waals surface area contributed by atoms with E-state index in [4.69, 9.17) is 9.63 Å². The molecule has 2 aromatic carbocycles. The fourth-order valence-corrected chi connectivity index (χ4v) is 5.91. The van der Waals surface area contributed by atoms with E-state index in [1.165, 1.54) is 11.7 Å². The van der Waals surface area contributed by atoms with E-state index in [0.717, 1.165) is 25.0 Å². The third-order valence-corrected chi connectivity index (χ3v) is 8.06. The van der Waals surface area contributed by atoms with Gasteiger partial charge in [-0.25, -0.2) is 17.7 Å². The Morgan fingerprint density at radius 3 is 2.59 bits per heavy atom. The molecule has 0 spiro atoms. The molecule has 1 N–H and O–H groups in total. The highest BCUT2D eigenvalue weighted by molar-refractivity contribution is 7.44. The molecule has 1 aromatic heterocycles. The van der Waals surface area contributed by atoms with Gasteiger partial charge in [0.25, 0.3) is 20.1 Å². The Morgan fingerprint density at radius 2 is 1.90 bits per heavy atom. The summed E-state index contributed by atoms with van der Waals surface area (Å²) >= 11 is 0. The predicted octanol–water partition coefficient (Wildman–Crippen LogP) is 4.23. The smallest absolute Gasteiger partial charge is 0.268 e. The van der Waals surface area contributed by atoms with Crippen LogP contribution in [0.1, 0.15) is 55.0 Å². The van der Waals surface area contributed by atoms with Crippen LogP contribution in [0.2, 0.25) is 0 Å². The second-order valence-corrected chi connectivity index (χ2v) is 11.4. The molecule has 0 radical (unpaired) electrons. The van der Waals surface area contributed by atoms with Crippen molar-refractivity contribution in [3.05, 3.63) is 82.7 Å². The number of rotatable bonds is 7. The van der Waals surface area contributed by atoms with Crippen molar-refractivity contribution in [2.45, 2.75) is 57.8 Å². The van der Waals surface area contributed by atoms with Crippen molar-refractivity contribution in [1.82, 2.24) is 9.47 Å². The number of nitrogens with zero attached hydrogens (tertiary/aromatic N) is 3. The highest BCUT2D eigenvalue weighted by atomic mass is 31.2. The van der Waals surface area contributed by atoms with Crippen LogP contribution >= 0.6 is 7.82 Å². The number of benzene rings is 2. The van der Waals surface area contributed by atoms with Gasteiger partial charge < -0.3 is 19.4 Å². The molecular weight excluding hydrogens is 562 g/mol. The zero-order valence-electron chi connectivity index (χ0n) is 22.4. The molecule has 41 heavy (non-hydrogen) atoms. The molecule has 2 aliphatic heterocycles. The number of phosphoric ester groups is 1. The molecule has 2 aliphatic rings. The Morgan fingerprint density at radius 1 is 1.17 bits per heavy atom. The number of carbonyl (C=O) groups is 1. The third-order valence-electron chi connectivity index (χ3n) is 7.62. The van der Waals surface area contributed by atoms with Gasteiger partial charge in [-0.3, -0.25) is 13.9 Å². The Bertz CT molecular complexity index is 1550. The lowest BCUT2D eigenvalue weighted by molar-refractivity contribution is -0.596. The SMILES string of the molecule is COc1cc(/C=C2\CC[C@@H]3CCC[C@@H](c4cc(F)c(F)c(F)c4)N3C2=O)ccc1-[n+]1cc(C)n(COP(=O)([O-])O)c1. The maximum Gasteiger partial charge on any atom is 0.268 e. The van der Waals surface area contributed by atoms with E-state index in [9.17, 15) is 27.4 Å². The predicted molar refractivity (Wildman–Crippen MR) is 139 cm³/mol. The summed E-state index contributed by atoms with van der Waals surface area (Å²) in [6.07, 6.45) is 8.42. The third kappa shape index (κ3) is 6.11. The summed E-state index contributed by atoms with van der Waals surface area (Å²) in [5.41, 5.74) is 2.79. The van der Waals surface area contributed by atoms with E-state index < -0.39 is 38.0 Å². The van der Waals surface area contributed by atoms with Crippen LogP contribution in [-0.2, 0) is 20.6 Å². The summed E-state index contributed by atoms with van der Waals surface area (Å²) in [5.74, 6) is -3.82. The number of aromatic nitrogens is 2. The Hall–Kier alpha value is -3.44. The van der Waals surface area contributed by atoms with Gasteiger partial charge in [0.05, 0.1) is 13.2 Å². The highest BCUT2D eigenvalue weighted by Crippen LogP contribution is 2.41. The largest absolute Gasteiger partial charge is 0.756 e. The first-order chi connectivity index (χ1) is 19.4. The molecule has 9 nitrogen and oxygen atoms in total. The van der Waals surface area contributed by atoms with E-state index in [2.05, 4.69) is 4.52 Å². The fourth-order valence-electron chi connectivity index (χ4n) is 5.64. The first-order valence-electron chi connectivity index (χ1n) is 13.1. The molecule has 1 amide bonds. The first kappa shape index (κ1) is 29.1.